The van der Waals surface area contributed by atoms with Crippen LogP contribution in [0.2, 0.25) is 0 Å². The van der Waals surface area contributed by atoms with Gasteiger partial charge in [-0.2, -0.15) is 18.3 Å². The van der Waals surface area contributed by atoms with Crippen molar-refractivity contribution in [2.45, 2.75) is 38.7 Å². The second-order valence-corrected chi connectivity index (χ2v) is 7.49. The summed E-state index contributed by atoms with van der Waals surface area (Å²) >= 11 is 0. The van der Waals surface area contributed by atoms with Crippen molar-refractivity contribution < 1.29 is 26.4 Å². The highest BCUT2D eigenvalue weighted by Crippen LogP contribution is 2.32. The maximum absolute atomic E-state index is 13.0. The van der Waals surface area contributed by atoms with Crippen LogP contribution in [0.25, 0.3) is 11.3 Å². The first-order valence-electron chi connectivity index (χ1n) is 7.77. The Kier molecular flexibility index (Phi) is 5.74. The van der Waals surface area contributed by atoms with Crippen LogP contribution in [0.1, 0.15) is 31.0 Å². The van der Waals surface area contributed by atoms with E-state index in [-0.39, 0.29) is 12.1 Å². The van der Waals surface area contributed by atoms with Crippen molar-refractivity contribution in [2.24, 2.45) is 0 Å². The maximum atomic E-state index is 13.0. The molecule has 10 heteroatoms. The van der Waals surface area contributed by atoms with Crippen LogP contribution in [0.5, 0.6) is 0 Å². The summed E-state index contributed by atoms with van der Waals surface area (Å²) in [5.74, 6) is -1.62. The number of hydrogen-bond acceptors (Lipinski definition) is 4. The SMILES string of the molecule is CCCC(=O)NS(=O)(=O)Cn1nc(C(F)(F)F)cc1-c1ccc(C)cc1. The molecule has 1 N–H and O–H groups in total. The van der Waals surface area contributed by atoms with Crippen LogP contribution in [0.3, 0.4) is 0 Å². The van der Waals surface area contributed by atoms with Gasteiger partial charge < -0.3 is 0 Å². The van der Waals surface area contributed by atoms with Gasteiger partial charge in [0.2, 0.25) is 5.91 Å². The van der Waals surface area contributed by atoms with E-state index in [1.807, 2.05) is 11.6 Å². The average Bonchev–Trinajstić information content (AvgIpc) is 2.90. The molecule has 1 aromatic heterocycles. The number of nitrogens with one attached hydrogen (secondary N) is 1. The standard InChI is InChI=1S/C16H18F3N3O3S/c1-3-4-15(23)21-26(24,25)10-22-13(9-14(20-22)16(17,18)19)12-7-5-11(2)6-8-12/h5-9H,3-4,10H2,1-2H3,(H,21,23). The summed E-state index contributed by atoms with van der Waals surface area (Å²) in [5, 5.41) is 3.38. The molecule has 0 saturated carbocycles. The van der Waals surface area contributed by atoms with E-state index in [0.717, 1.165) is 16.3 Å². The lowest BCUT2D eigenvalue weighted by Gasteiger charge is -2.10. The first-order valence-corrected chi connectivity index (χ1v) is 9.42. The van der Waals surface area contributed by atoms with Crippen molar-refractivity contribution in [2.75, 3.05) is 0 Å². The van der Waals surface area contributed by atoms with Crippen LogP contribution >= 0.6 is 0 Å². The smallest absolute Gasteiger partial charge is 0.274 e. The molecule has 1 aromatic carbocycles. The number of rotatable bonds is 6. The van der Waals surface area contributed by atoms with Crippen molar-refractivity contribution in [1.29, 1.82) is 0 Å². The zero-order valence-electron chi connectivity index (χ0n) is 14.2. The summed E-state index contributed by atoms with van der Waals surface area (Å²) in [6, 6.07) is 7.32. The largest absolute Gasteiger partial charge is 0.435 e. The summed E-state index contributed by atoms with van der Waals surface area (Å²) in [7, 11) is -4.19. The van der Waals surface area contributed by atoms with E-state index in [9.17, 15) is 26.4 Å². The van der Waals surface area contributed by atoms with Crippen LogP contribution in [0.15, 0.2) is 30.3 Å². The van der Waals surface area contributed by atoms with E-state index in [4.69, 9.17) is 0 Å². The molecule has 2 rings (SSSR count). The van der Waals surface area contributed by atoms with E-state index < -0.39 is 33.7 Å². The predicted octanol–water partition coefficient (Wildman–Crippen LogP) is 3.08. The van der Waals surface area contributed by atoms with E-state index >= 15 is 0 Å². The van der Waals surface area contributed by atoms with E-state index in [0.29, 0.717) is 12.0 Å². The number of benzene rings is 1. The summed E-state index contributed by atoms with van der Waals surface area (Å²) in [6.07, 6.45) is -4.28. The summed E-state index contributed by atoms with van der Waals surface area (Å²) < 4.78 is 65.8. The van der Waals surface area contributed by atoms with Crippen LogP contribution in [0, 0.1) is 6.92 Å². The number of carbonyl (C=O) groups is 1. The molecule has 0 bridgehead atoms. The second kappa shape index (κ2) is 7.48. The van der Waals surface area contributed by atoms with E-state index in [1.54, 1.807) is 31.2 Å². The minimum atomic E-state index is -4.72. The maximum Gasteiger partial charge on any atom is 0.435 e. The Bertz CT molecular complexity index is 888. The highest BCUT2D eigenvalue weighted by Gasteiger charge is 2.35. The molecule has 6 nitrogen and oxygen atoms in total. The molecular formula is C16H18F3N3O3S. The third-order valence-electron chi connectivity index (χ3n) is 3.46. The Morgan fingerprint density at radius 1 is 1.23 bits per heavy atom. The van der Waals surface area contributed by atoms with E-state index in [1.165, 1.54) is 0 Å². The minimum Gasteiger partial charge on any atom is -0.274 e. The second-order valence-electron chi connectivity index (χ2n) is 5.80. The lowest BCUT2D eigenvalue weighted by atomic mass is 10.1. The molecule has 26 heavy (non-hydrogen) atoms. The fraction of sp³-hybridized carbons (Fsp3) is 0.375. The van der Waals surface area contributed by atoms with Gasteiger partial charge in [-0.15, -0.1) is 0 Å². The third kappa shape index (κ3) is 5.07. The third-order valence-corrected chi connectivity index (χ3v) is 4.58. The monoisotopic (exact) mass is 389 g/mol. The fourth-order valence-corrected chi connectivity index (χ4v) is 3.29. The Hall–Kier alpha value is -2.36. The summed E-state index contributed by atoms with van der Waals surface area (Å²) in [5.41, 5.74) is 0.0674. The normalized spacial score (nSPS) is 12.2. The number of halogens is 3. The highest BCUT2D eigenvalue weighted by molar-refractivity contribution is 7.89. The molecule has 142 valence electrons. The van der Waals surface area contributed by atoms with Crippen molar-refractivity contribution in [3.8, 4) is 11.3 Å². The van der Waals surface area contributed by atoms with Crippen LogP contribution in [0.4, 0.5) is 13.2 Å². The number of nitrogens with zero attached hydrogens (tertiary/aromatic N) is 2. The average molecular weight is 389 g/mol. The molecule has 0 aliphatic carbocycles. The van der Waals surface area contributed by atoms with Crippen molar-refractivity contribution >= 4 is 15.9 Å². The van der Waals surface area contributed by atoms with Gasteiger partial charge in [0, 0.05) is 6.42 Å². The van der Waals surface area contributed by atoms with Gasteiger partial charge in [-0.05, 0) is 25.0 Å². The van der Waals surface area contributed by atoms with Gasteiger partial charge >= 0.3 is 6.18 Å². The molecule has 0 unspecified atom stereocenters. The van der Waals surface area contributed by atoms with Crippen molar-refractivity contribution in [3.05, 3.63) is 41.6 Å². The minimum absolute atomic E-state index is 0.00302. The van der Waals surface area contributed by atoms with Crippen LogP contribution in [-0.2, 0) is 26.9 Å². The highest BCUT2D eigenvalue weighted by atomic mass is 32.2. The van der Waals surface area contributed by atoms with Crippen LogP contribution < -0.4 is 4.72 Å². The number of aromatic nitrogens is 2. The quantitative estimate of drug-likeness (QED) is 0.823. The molecule has 0 aliphatic rings. The zero-order chi connectivity index (χ0) is 19.5. The lowest BCUT2D eigenvalue weighted by molar-refractivity contribution is -0.141. The predicted molar refractivity (Wildman–Crippen MR) is 89.4 cm³/mol. The number of sulfonamides is 1. The fourth-order valence-electron chi connectivity index (χ4n) is 2.26. The molecule has 0 aliphatic heterocycles. The van der Waals surface area contributed by atoms with Gasteiger partial charge in [0.15, 0.2) is 11.6 Å². The Morgan fingerprint density at radius 2 is 1.85 bits per heavy atom. The Labute approximate surface area is 149 Å². The molecule has 1 amide bonds. The molecule has 2 aromatic rings. The summed E-state index contributed by atoms with van der Waals surface area (Å²) in [6.45, 7) is 3.51. The number of amides is 1. The van der Waals surface area contributed by atoms with Crippen molar-refractivity contribution in [3.63, 3.8) is 0 Å². The number of hydrogen-bond donors (Lipinski definition) is 1. The number of carbonyl (C=O) groups excluding carboxylic acids is 1. The van der Waals surface area contributed by atoms with Gasteiger partial charge in [0.05, 0.1) is 5.69 Å². The molecule has 0 radical (unpaired) electrons. The lowest BCUT2D eigenvalue weighted by Crippen LogP contribution is -2.33. The van der Waals surface area contributed by atoms with E-state index in [2.05, 4.69) is 5.10 Å². The number of aryl methyl sites for hydroxylation is 1. The zero-order valence-corrected chi connectivity index (χ0v) is 15.0. The molecule has 0 fully saturated rings. The first kappa shape index (κ1) is 20.0. The molecular weight excluding hydrogens is 371 g/mol. The van der Waals surface area contributed by atoms with Gasteiger partial charge in [0.25, 0.3) is 10.0 Å². The van der Waals surface area contributed by atoms with Crippen molar-refractivity contribution in [1.82, 2.24) is 14.5 Å². The molecule has 0 spiro atoms. The molecule has 0 saturated heterocycles. The van der Waals surface area contributed by atoms with Gasteiger partial charge in [0.1, 0.15) is 0 Å². The topological polar surface area (TPSA) is 81.1 Å². The Balaban J connectivity index is 2.41. The van der Waals surface area contributed by atoms with Gasteiger partial charge in [-0.3, -0.25) is 9.52 Å². The number of alkyl halides is 3. The van der Waals surface area contributed by atoms with Crippen LogP contribution in [-0.4, -0.2) is 24.1 Å². The van der Waals surface area contributed by atoms with Gasteiger partial charge in [-0.1, -0.05) is 36.8 Å². The van der Waals surface area contributed by atoms with Gasteiger partial charge in [-0.25, -0.2) is 13.1 Å². The first-order chi connectivity index (χ1) is 12.0. The molecule has 1 heterocycles. The molecule has 0 atom stereocenters. The Morgan fingerprint density at radius 3 is 2.38 bits per heavy atom. The summed E-state index contributed by atoms with van der Waals surface area (Å²) in [4.78, 5) is 11.5.